The number of halogens is 1. The summed E-state index contributed by atoms with van der Waals surface area (Å²) in [6, 6.07) is 3.50. The molecular formula is C8H7ClN4. The summed E-state index contributed by atoms with van der Waals surface area (Å²) in [5.41, 5.74) is 7.09. The summed E-state index contributed by atoms with van der Waals surface area (Å²) >= 11 is 5.88. The van der Waals surface area contributed by atoms with E-state index >= 15 is 0 Å². The van der Waals surface area contributed by atoms with Crippen LogP contribution in [-0.4, -0.2) is 15.0 Å². The number of H-pyrrole nitrogens is 1. The second-order valence-corrected chi connectivity index (χ2v) is 2.90. The molecule has 0 radical (unpaired) electrons. The Labute approximate surface area is 79.8 Å². The third-order valence-electron chi connectivity index (χ3n) is 1.66. The van der Waals surface area contributed by atoms with Crippen LogP contribution in [0.15, 0.2) is 24.7 Å². The maximum absolute atomic E-state index is 5.88. The third-order valence-corrected chi connectivity index (χ3v) is 1.95. The van der Waals surface area contributed by atoms with Gasteiger partial charge in [0.2, 0.25) is 0 Å². The number of aromatic nitrogens is 3. The topological polar surface area (TPSA) is 67.6 Å². The molecular weight excluding hydrogens is 188 g/mol. The molecule has 0 aliphatic rings. The van der Waals surface area contributed by atoms with Crippen LogP contribution in [0.2, 0.25) is 5.15 Å². The minimum Gasteiger partial charge on any atom is -0.384 e. The number of imidazole rings is 1. The molecule has 0 aliphatic carbocycles. The van der Waals surface area contributed by atoms with Gasteiger partial charge >= 0.3 is 0 Å². The highest BCUT2D eigenvalue weighted by atomic mass is 35.5. The van der Waals surface area contributed by atoms with E-state index in [9.17, 15) is 0 Å². The second-order valence-electron chi connectivity index (χ2n) is 2.54. The summed E-state index contributed by atoms with van der Waals surface area (Å²) in [7, 11) is 0. The van der Waals surface area contributed by atoms with Crippen LogP contribution < -0.4 is 5.73 Å². The van der Waals surface area contributed by atoms with E-state index in [0.717, 1.165) is 11.3 Å². The van der Waals surface area contributed by atoms with Crippen LogP contribution in [0.3, 0.4) is 0 Å². The van der Waals surface area contributed by atoms with E-state index in [4.69, 9.17) is 17.3 Å². The molecule has 66 valence electrons. The molecule has 0 saturated carbocycles. The lowest BCUT2D eigenvalue weighted by atomic mass is 10.2. The fourth-order valence-electron chi connectivity index (χ4n) is 1.05. The Morgan fingerprint density at radius 3 is 2.85 bits per heavy atom. The number of nitrogens with one attached hydrogen (secondary N) is 1. The van der Waals surface area contributed by atoms with Gasteiger partial charge in [0.25, 0.3) is 0 Å². The minimum atomic E-state index is 0.379. The van der Waals surface area contributed by atoms with E-state index in [1.807, 2.05) is 0 Å². The molecule has 2 heterocycles. The fourth-order valence-corrected chi connectivity index (χ4v) is 1.31. The van der Waals surface area contributed by atoms with Crippen molar-refractivity contribution in [3.05, 3.63) is 29.8 Å². The zero-order valence-electron chi connectivity index (χ0n) is 6.66. The van der Waals surface area contributed by atoms with Crippen molar-refractivity contribution in [3.8, 4) is 11.3 Å². The van der Waals surface area contributed by atoms with Gasteiger partial charge in [-0.05, 0) is 12.1 Å². The number of nitrogens with two attached hydrogens (primary N) is 1. The number of hydrogen-bond acceptors (Lipinski definition) is 3. The maximum Gasteiger partial charge on any atom is 0.140 e. The van der Waals surface area contributed by atoms with Crippen molar-refractivity contribution < 1.29 is 0 Å². The van der Waals surface area contributed by atoms with Gasteiger partial charge in [0.15, 0.2) is 0 Å². The summed E-state index contributed by atoms with van der Waals surface area (Å²) in [5.74, 6) is 0.410. The predicted molar refractivity (Wildman–Crippen MR) is 51.2 cm³/mol. The molecule has 0 aromatic carbocycles. The Bertz CT molecular complexity index is 410. The van der Waals surface area contributed by atoms with Crippen LogP contribution in [0, 0.1) is 0 Å². The summed E-state index contributed by atoms with van der Waals surface area (Å²) < 4.78 is 0. The molecule has 0 fully saturated rings. The maximum atomic E-state index is 5.88. The number of nitrogen functional groups attached to an aromatic ring is 1. The lowest BCUT2D eigenvalue weighted by molar-refractivity contribution is 1.30. The van der Waals surface area contributed by atoms with Crippen LogP contribution in [0.25, 0.3) is 11.3 Å². The van der Waals surface area contributed by atoms with Crippen LogP contribution in [-0.2, 0) is 0 Å². The monoisotopic (exact) mass is 194 g/mol. The van der Waals surface area contributed by atoms with Crippen molar-refractivity contribution in [2.45, 2.75) is 0 Å². The highest BCUT2D eigenvalue weighted by molar-refractivity contribution is 6.32. The van der Waals surface area contributed by atoms with Crippen LogP contribution in [0.5, 0.6) is 0 Å². The Morgan fingerprint density at radius 2 is 2.23 bits per heavy atom. The molecule has 0 unspecified atom stereocenters. The summed E-state index contributed by atoms with van der Waals surface area (Å²) in [4.78, 5) is 10.8. The number of anilines is 1. The largest absolute Gasteiger partial charge is 0.384 e. The molecule has 2 aromatic heterocycles. The van der Waals surface area contributed by atoms with E-state index in [1.54, 1.807) is 24.7 Å². The molecule has 0 amide bonds. The molecule has 0 bridgehead atoms. The van der Waals surface area contributed by atoms with Gasteiger partial charge in [-0.15, -0.1) is 0 Å². The van der Waals surface area contributed by atoms with Gasteiger partial charge in [-0.2, -0.15) is 0 Å². The fraction of sp³-hybridized carbons (Fsp3) is 0. The molecule has 0 aliphatic heterocycles. The van der Waals surface area contributed by atoms with Gasteiger partial charge in [-0.25, -0.2) is 9.97 Å². The quantitative estimate of drug-likeness (QED) is 0.679. The van der Waals surface area contributed by atoms with Crippen molar-refractivity contribution in [2.24, 2.45) is 0 Å². The first kappa shape index (κ1) is 8.07. The molecule has 2 rings (SSSR count). The van der Waals surface area contributed by atoms with Crippen molar-refractivity contribution in [1.82, 2.24) is 15.0 Å². The molecule has 13 heavy (non-hydrogen) atoms. The van der Waals surface area contributed by atoms with Gasteiger partial charge in [-0.1, -0.05) is 11.6 Å². The predicted octanol–water partition coefficient (Wildman–Crippen LogP) is 1.71. The van der Waals surface area contributed by atoms with E-state index in [-0.39, 0.29) is 0 Å². The summed E-state index contributed by atoms with van der Waals surface area (Å²) in [6.07, 6.45) is 3.26. The minimum absolute atomic E-state index is 0.379. The standard InChI is InChI=1S/C8H7ClN4/c9-8-5(1-2-7(10)13-8)6-3-11-4-12-6/h1-4H,(H2,10,13)(H,11,12). The van der Waals surface area contributed by atoms with Gasteiger partial charge in [-0.3, -0.25) is 0 Å². The van der Waals surface area contributed by atoms with E-state index < -0.39 is 0 Å². The van der Waals surface area contributed by atoms with Gasteiger partial charge in [0, 0.05) is 5.56 Å². The lowest BCUT2D eigenvalue weighted by Gasteiger charge is -2.00. The van der Waals surface area contributed by atoms with E-state index in [0.29, 0.717) is 11.0 Å². The van der Waals surface area contributed by atoms with Crippen LogP contribution in [0.4, 0.5) is 5.82 Å². The normalized spacial score (nSPS) is 10.2. The SMILES string of the molecule is Nc1ccc(-c2cnc[nH]2)c(Cl)n1. The number of aromatic amines is 1. The summed E-state index contributed by atoms with van der Waals surface area (Å²) in [6.45, 7) is 0. The van der Waals surface area contributed by atoms with Crippen molar-refractivity contribution in [3.63, 3.8) is 0 Å². The van der Waals surface area contributed by atoms with Crippen molar-refractivity contribution in [1.29, 1.82) is 0 Å². The molecule has 2 aromatic rings. The average molecular weight is 195 g/mol. The number of pyridine rings is 1. The first-order chi connectivity index (χ1) is 6.27. The van der Waals surface area contributed by atoms with Crippen molar-refractivity contribution >= 4 is 17.4 Å². The zero-order valence-corrected chi connectivity index (χ0v) is 7.42. The molecule has 5 heteroatoms. The first-order valence-corrected chi connectivity index (χ1v) is 4.06. The molecule has 3 N–H and O–H groups in total. The smallest absolute Gasteiger partial charge is 0.140 e. The van der Waals surface area contributed by atoms with E-state index in [2.05, 4.69) is 15.0 Å². The second kappa shape index (κ2) is 3.06. The van der Waals surface area contributed by atoms with Gasteiger partial charge in [0.1, 0.15) is 11.0 Å². The van der Waals surface area contributed by atoms with Gasteiger partial charge in [0.05, 0.1) is 18.2 Å². The highest BCUT2D eigenvalue weighted by Crippen LogP contribution is 2.24. The lowest BCUT2D eigenvalue weighted by Crippen LogP contribution is -1.91. The first-order valence-electron chi connectivity index (χ1n) is 3.68. The Kier molecular flexibility index (Phi) is 1.90. The van der Waals surface area contributed by atoms with Crippen LogP contribution in [0.1, 0.15) is 0 Å². The number of nitrogens with zero attached hydrogens (tertiary/aromatic N) is 2. The van der Waals surface area contributed by atoms with Crippen molar-refractivity contribution in [2.75, 3.05) is 5.73 Å². The highest BCUT2D eigenvalue weighted by Gasteiger charge is 2.05. The number of rotatable bonds is 1. The Hall–Kier alpha value is -1.55. The van der Waals surface area contributed by atoms with Gasteiger partial charge < -0.3 is 10.7 Å². The average Bonchev–Trinajstić information content (AvgIpc) is 2.56. The third kappa shape index (κ3) is 1.48. The molecule has 0 saturated heterocycles. The Morgan fingerprint density at radius 1 is 1.38 bits per heavy atom. The molecule has 4 nitrogen and oxygen atoms in total. The molecule has 0 spiro atoms. The van der Waals surface area contributed by atoms with Crippen LogP contribution >= 0.6 is 11.6 Å². The Balaban J connectivity index is 2.53. The molecule has 0 atom stereocenters. The van der Waals surface area contributed by atoms with E-state index in [1.165, 1.54) is 0 Å². The number of hydrogen-bond donors (Lipinski definition) is 2. The summed E-state index contributed by atoms with van der Waals surface area (Å²) in [5, 5.41) is 0.379. The zero-order chi connectivity index (χ0) is 9.26.